The van der Waals surface area contributed by atoms with Gasteiger partial charge in [0, 0.05) is 15.7 Å². The number of fused-ring (bicyclic) bond motifs is 2. The molecule has 0 fully saturated rings. The van der Waals surface area contributed by atoms with Gasteiger partial charge in [0.05, 0.1) is 27.9 Å². The maximum Gasteiger partial charge on any atom is 0.266 e. The zero-order valence-corrected chi connectivity index (χ0v) is 25.3. The molecule has 0 aliphatic rings. The Morgan fingerprint density at radius 2 is 1.59 bits per heavy atom. The lowest BCUT2D eigenvalue weighted by atomic mass is 10.2. The molecule has 0 unspecified atom stereocenters. The average molecular weight is 647 g/mol. The van der Waals surface area contributed by atoms with Gasteiger partial charge >= 0.3 is 0 Å². The van der Waals surface area contributed by atoms with Crippen LogP contribution in [0.3, 0.4) is 0 Å². The predicted octanol–water partition coefficient (Wildman–Crippen LogP) is 7.92. The van der Waals surface area contributed by atoms with E-state index in [9.17, 15) is 8.42 Å². The molecule has 206 valence electrons. The van der Waals surface area contributed by atoms with Gasteiger partial charge in [0.2, 0.25) is 0 Å². The number of para-hydroxylation sites is 2. The van der Waals surface area contributed by atoms with Crippen LogP contribution in [0.4, 0.5) is 17.3 Å². The quantitative estimate of drug-likeness (QED) is 0.173. The number of nitrogens with zero attached hydrogens (tertiary/aromatic N) is 3. The zero-order valence-electron chi connectivity index (χ0n) is 22.1. The second-order valence-corrected chi connectivity index (χ2v) is 12.8. The highest BCUT2D eigenvalue weighted by Crippen LogP contribution is 2.34. The molecule has 2 aromatic heterocycles. The van der Waals surface area contributed by atoms with Crippen molar-refractivity contribution < 1.29 is 13.2 Å². The average Bonchev–Trinajstić information content (AvgIpc) is 3.38. The Balaban J connectivity index is 1.34. The molecular weight excluding hydrogens is 622 g/mol. The van der Waals surface area contributed by atoms with Crippen molar-refractivity contribution in [3.63, 3.8) is 0 Å². The Labute approximate surface area is 249 Å². The van der Waals surface area contributed by atoms with Crippen molar-refractivity contribution in [3.8, 4) is 16.3 Å². The molecule has 0 bridgehead atoms. The lowest BCUT2D eigenvalue weighted by Gasteiger charge is -2.16. The molecule has 0 aliphatic heterocycles. The third kappa shape index (κ3) is 5.74. The molecule has 2 heterocycles. The van der Waals surface area contributed by atoms with Gasteiger partial charge in [0.25, 0.3) is 10.0 Å². The number of ether oxygens (including phenoxy) is 1. The summed E-state index contributed by atoms with van der Waals surface area (Å²) < 4.78 is 37.1. The molecule has 41 heavy (non-hydrogen) atoms. The number of rotatable bonds is 8. The Bertz CT molecular complexity index is 2010. The molecule has 11 heteroatoms. The van der Waals surface area contributed by atoms with E-state index < -0.39 is 10.0 Å². The van der Waals surface area contributed by atoms with E-state index in [1.807, 2.05) is 48.5 Å². The number of benzene rings is 4. The Kier molecular flexibility index (Phi) is 7.33. The van der Waals surface area contributed by atoms with E-state index in [-0.39, 0.29) is 22.3 Å². The lowest BCUT2D eigenvalue weighted by molar-refractivity contribution is 0.331. The molecule has 4 aromatic carbocycles. The van der Waals surface area contributed by atoms with Gasteiger partial charge < -0.3 is 10.1 Å². The van der Waals surface area contributed by atoms with Crippen LogP contribution in [-0.2, 0) is 10.0 Å². The van der Waals surface area contributed by atoms with Gasteiger partial charge in [-0.1, -0.05) is 34.1 Å². The van der Waals surface area contributed by atoms with Crippen LogP contribution in [0.15, 0.2) is 94.3 Å². The molecule has 0 radical (unpaired) electrons. The normalized spacial score (nSPS) is 11.6. The van der Waals surface area contributed by atoms with Crippen molar-refractivity contribution in [3.05, 3.63) is 95.0 Å². The molecule has 0 saturated heterocycles. The van der Waals surface area contributed by atoms with Crippen LogP contribution in [0.5, 0.6) is 5.75 Å². The van der Waals surface area contributed by atoms with E-state index in [0.717, 1.165) is 20.8 Å². The van der Waals surface area contributed by atoms with Crippen molar-refractivity contribution in [2.75, 3.05) is 16.6 Å². The van der Waals surface area contributed by atoms with Gasteiger partial charge in [-0.2, -0.15) is 0 Å². The first-order valence-electron chi connectivity index (χ1n) is 12.8. The number of thiazole rings is 1. The summed E-state index contributed by atoms with van der Waals surface area (Å²) in [6.07, 6.45) is 0. The monoisotopic (exact) mass is 645 g/mol. The third-order valence-corrected chi connectivity index (χ3v) is 9.16. The highest BCUT2D eigenvalue weighted by atomic mass is 79.9. The molecule has 6 aromatic rings. The molecule has 2 N–H and O–H groups in total. The van der Waals surface area contributed by atoms with Gasteiger partial charge in [-0.3, -0.25) is 4.72 Å². The van der Waals surface area contributed by atoms with Crippen molar-refractivity contribution in [1.29, 1.82) is 0 Å². The number of sulfonamides is 1. The molecule has 6 rings (SSSR count). The number of halogens is 1. The molecular formula is C30H24BrN5O3S2. The smallest absolute Gasteiger partial charge is 0.266 e. The topological polar surface area (TPSA) is 106 Å². The number of aromatic nitrogens is 3. The minimum Gasteiger partial charge on any atom is -0.492 e. The van der Waals surface area contributed by atoms with Crippen LogP contribution in [0.25, 0.3) is 31.8 Å². The molecule has 0 amide bonds. The molecule has 0 spiro atoms. The van der Waals surface area contributed by atoms with E-state index in [0.29, 0.717) is 27.8 Å². The summed E-state index contributed by atoms with van der Waals surface area (Å²) in [5.74, 6) is 0.576. The van der Waals surface area contributed by atoms with Crippen molar-refractivity contribution in [2.45, 2.75) is 18.7 Å². The first kappa shape index (κ1) is 27.1. The van der Waals surface area contributed by atoms with E-state index >= 15 is 0 Å². The largest absolute Gasteiger partial charge is 0.492 e. The van der Waals surface area contributed by atoms with E-state index in [1.54, 1.807) is 36.5 Å². The van der Waals surface area contributed by atoms with Gasteiger partial charge in [-0.05, 0) is 86.1 Å². The Hall–Kier alpha value is -4.06. The highest BCUT2D eigenvalue weighted by Gasteiger charge is 2.23. The number of nitrogens with one attached hydrogen (secondary N) is 2. The standard InChI is InChI=1S/C30H24BrN5O3S2/c1-3-39-25-15-11-20(31)17-27(25)41(37,38)36-29-28(33-22-6-4-5-7-23(22)34-29)32-21-12-9-19(10-13-21)30-35-24-14-8-18(2)16-26(24)40-30/h4-17H,3H2,1-2H3,(H,32,33)(H,34,36). The van der Waals surface area contributed by atoms with E-state index in [4.69, 9.17) is 14.7 Å². The van der Waals surface area contributed by atoms with E-state index in [1.165, 1.54) is 11.6 Å². The fraction of sp³-hybridized carbons (Fsp3) is 0.100. The van der Waals surface area contributed by atoms with Gasteiger partial charge in [-0.25, -0.2) is 23.4 Å². The minimum absolute atomic E-state index is 0.00925. The molecule has 0 atom stereocenters. The van der Waals surface area contributed by atoms with Crippen LogP contribution in [-0.4, -0.2) is 30.0 Å². The van der Waals surface area contributed by atoms with Crippen LogP contribution in [0, 0.1) is 6.92 Å². The van der Waals surface area contributed by atoms with Crippen LogP contribution < -0.4 is 14.8 Å². The second-order valence-electron chi connectivity index (χ2n) is 9.23. The molecule has 0 saturated carbocycles. The number of hydrogen-bond acceptors (Lipinski definition) is 8. The highest BCUT2D eigenvalue weighted by molar-refractivity contribution is 9.10. The second kappa shape index (κ2) is 11.1. The first-order chi connectivity index (χ1) is 19.8. The molecule has 8 nitrogen and oxygen atoms in total. The number of aryl methyl sites for hydroxylation is 1. The Morgan fingerprint density at radius 3 is 2.32 bits per heavy atom. The summed E-state index contributed by atoms with van der Waals surface area (Å²) >= 11 is 5.00. The van der Waals surface area contributed by atoms with Crippen molar-refractivity contribution in [2.24, 2.45) is 0 Å². The number of anilines is 3. The van der Waals surface area contributed by atoms with Gasteiger partial charge in [0.1, 0.15) is 15.7 Å². The predicted molar refractivity (Wildman–Crippen MR) is 169 cm³/mol. The summed E-state index contributed by atoms with van der Waals surface area (Å²) in [5, 5.41) is 4.17. The van der Waals surface area contributed by atoms with Crippen LogP contribution >= 0.6 is 27.3 Å². The fourth-order valence-electron chi connectivity index (χ4n) is 4.30. The van der Waals surface area contributed by atoms with Crippen LogP contribution in [0.2, 0.25) is 0 Å². The van der Waals surface area contributed by atoms with E-state index in [2.05, 4.69) is 50.0 Å². The third-order valence-electron chi connectivity index (χ3n) is 6.24. The maximum absolute atomic E-state index is 13.6. The summed E-state index contributed by atoms with van der Waals surface area (Å²) in [5.41, 5.74) is 5.04. The maximum atomic E-state index is 13.6. The first-order valence-corrected chi connectivity index (χ1v) is 15.8. The fourth-order valence-corrected chi connectivity index (χ4v) is 7.06. The molecule has 0 aliphatic carbocycles. The Morgan fingerprint density at radius 1 is 0.854 bits per heavy atom. The zero-order chi connectivity index (χ0) is 28.6. The van der Waals surface area contributed by atoms with Gasteiger partial charge in [0.15, 0.2) is 11.6 Å². The summed E-state index contributed by atoms with van der Waals surface area (Å²) in [4.78, 5) is 14.0. The van der Waals surface area contributed by atoms with Crippen molar-refractivity contribution in [1.82, 2.24) is 15.0 Å². The van der Waals surface area contributed by atoms with Crippen molar-refractivity contribution >= 4 is 75.9 Å². The minimum atomic E-state index is -4.09. The van der Waals surface area contributed by atoms with Crippen LogP contribution in [0.1, 0.15) is 12.5 Å². The SMILES string of the molecule is CCOc1ccc(Br)cc1S(=O)(=O)Nc1nc2ccccc2nc1Nc1ccc(-c2nc3ccc(C)cc3s2)cc1. The summed E-state index contributed by atoms with van der Waals surface area (Å²) in [6.45, 7) is 4.19. The van der Waals surface area contributed by atoms with Gasteiger partial charge in [-0.15, -0.1) is 11.3 Å². The summed E-state index contributed by atoms with van der Waals surface area (Å²) in [6, 6.07) is 26.1. The number of hydrogen-bond donors (Lipinski definition) is 2. The lowest BCUT2D eigenvalue weighted by Crippen LogP contribution is -2.17. The summed E-state index contributed by atoms with van der Waals surface area (Å²) in [7, 11) is -4.09.